The lowest BCUT2D eigenvalue weighted by Gasteiger charge is -2.09. The molecule has 0 saturated heterocycles. The van der Waals surface area contributed by atoms with Gasteiger partial charge in [-0.15, -0.1) is 10.2 Å². The molecular weight excluding hydrogens is 408 g/mol. The maximum atomic E-state index is 4.90. The fraction of sp³-hybridized carbons (Fsp3) is 0.412. The van der Waals surface area contributed by atoms with E-state index in [4.69, 9.17) is 9.97 Å². The van der Waals surface area contributed by atoms with Gasteiger partial charge in [0.1, 0.15) is 10.1 Å². The zero-order chi connectivity index (χ0) is 19.4. The molecule has 2 fully saturated rings. The van der Waals surface area contributed by atoms with E-state index in [-0.39, 0.29) is 0 Å². The van der Waals surface area contributed by atoms with Crippen molar-refractivity contribution in [3.8, 4) is 0 Å². The number of tetrazole rings is 2. The molecule has 0 amide bonds. The fourth-order valence-corrected chi connectivity index (χ4v) is 4.90. The Morgan fingerprint density at radius 1 is 0.793 bits per heavy atom. The van der Waals surface area contributed by atoms with E-state index < -0.39 is 0 Å². The molecule has 10 nitrogen and oxygen atoms in total. The second-order valence-electron chi connectivity index (χ2n) is 7.30. The highest BCUT2D eigenvalue weighted by atomic mass is 32.2. The zero-order valence-corrected chi connectivity index (χ0v) is 17.1. The average molecular weight is 425 g/mol. The molecule has 3 heterocycles. The highest BCUT2D eigenvalue weighted by Gasteiger charge is 2.30. The predicted molar refractivity (Wildman–Crippen MR) is 105 cm³/mol. The van der Waals surface area contributed by atoms with E-state index in [2.05, 4.69) is 31.1 Å². The number of fused-ring (bicyclic) bond motifs is 1. The van der Waals surface area contributed by atoms with Crippen molar-refractivity contribution < 1.29 is 0 Å². The number of nitrogens with zero attached hydrogens (tertiary/aromatic N) is 10. The Bertz CT molecular complexity index is 1210. The zero-order valence-electron chi connectivity index (χ0n) is 15.5. The minimum Gasteiger partial charge on any atom is -0.236 e. The molecule has 1 aromatic carbocycles. The van der Waals surface area contributed by atoms with E-state index in [1.807, 2.05) is 34.5 Å². The van der Waals surface area contributed by atoms with Crippen LogP contribution in [0.2, 0.25) is 0 Å². The molecule has 0 radical (unpaired) electrons. The first kappa shape index (κ1) is 17.3. The molecule has 2 aliphatic rings. The molecule has 29 heavy (non-hydrogen) atoms. The molecule has 3 aromatic heterocycles. The van der Waals surface area contributed by atoms with E-state index in [9.17, 15) is 0 Å². The quantitative estimate of drug-likeness (QED) is 0.458. The van der Waals surface area contributed by atoms with Gasteiger partial charge in [0.05, 0.1) is 23.1 Å². The van der Waals surface area contributed by atoms with Gasteiger partial charge in [-0.05, 0) is 94.7 Å². The van der Waals surface area contributed by atoms with E-state index in [1.54, 1.807) is 0 Å². The highest BCUT2D eigenvalue weighted by Crippen LogP contribution is 2.42. The van der Waals surface area contributed by atoms with Crippen molar-refractivity contribution in [2.45, 2.75) is 65.1 Å². The third-order valence-electron chi connectivity index (χ3n) is 4.84. The molecule has 0 unspecified atom stereocenters. The van der Waals surface area contributed by atoms with Crippen LogP contribution in [-0.2, 0) is 0 Å². The second-order valence-corrected chi connectivity index (χ2v) is 9.22. The molecule has 2 saturated carbocycles. The molecule has 0 atom stereocenters. The maximum Gasteiger partial charge on any atom is 0.215 e. The Balaban J connectivity index is 1.43. The molecule has 4 aromatic rings. The molecule has 0 spiro atoms. The highest BCUT2D eigenvalue weighted by molar-refractivity contribution is 8.02. The summed E-state index contributed by atoms with van der Waals surface area (Å²) < 4.78 is 3.77. The topological polar surface area (TPSA) is 113 Å². The molecule has 6 rings (SSSR count). The third kappa shape index (κ3) is 3.35. The van der Waals surface area contributed by atoms with Gasteiger partial charge in [0.2, 0.25) is 10.3 Å². The van der Waals surface area contributed by atoms with Crippen molar-refractivity contribution in [1.82, 2.24) is 50.4 Å². The summed E-state index contributed by atoms with van der Waals surface area (Å²) in [6.07, 6.45) is 4.44. The normalized spacial score (nSPS) is 16.6. The van der Waals surface area contributed by atoms with E-state index >= 15 is 0 Å². The van der Waals surface area contributed by atoms with Gasteiger partial charge in [-0.2, -0.15) is 0 Å². The Hall–Kier alpha value is -2.60. The lowest BCUT2D eigenvalue weighted by molar-refractivity contribution is 0.564. The summed E-state index contributed by atoms with van der Waals surface area (Å²) in [5.41, 5.74) is 2.84. The first-order chi connectivity index (χ1) is 14.2. The summed E-state index contributed by atoms with van der Waals surface area (Å²) in [6.45, 7) is 2.05. The molecule has 12 heteroatoms. The molecule has 0 N–H and O–H groups in total. The first-order valence-electron chi connectivity index (χ1n) is 9.44. The van der Waals surface area contributed by atoms with E-state index in [0.717, 1.165) is 62.6 Å². The first-order valence-corrected chi connectivity index (χ1v) is 11.1. The number of hydrogen-bond donors (Lipinski definition) is 0. The molecular formula is C17H16N10S2. The second kappa shape index (κ2) is 6.73. The van der Waals surface area contributed by atoms with E-state index in [0.29, 0.717) is 12.1 Å². The van der Waals surface area contributed by atoms with Gasteiger partial charge in [-0.25, -0.2) is 19.3 Å². The van der Waals surface area contributed by atoms with Crippen LogP contribution >= 0.6 is 23.5 Å². The lowest BCUT2D eigenvalue weighted by Crippen LogP contribution is -2.01. The van der Waals surface area contributed by atoms with Gasteiger partial charge in [0.15, 0.2) is 0 Å². The standard InChI is InChI=1S/C17H16N10S2/c1-9-2-7-12-13(8-9)19-15(29-17-21-23-25-27(17)11-5-6-11)14(18-12)28-16-20-22-24-26(16)10-3-4-10/h2,7-8,10-11H,3-6H2,1H3. The average Bonchev–Trinajstić information content (AvgIpc) is 3.65. The Morgan fingerprint density at radius 3 is 1.90 bits per heavy atom. The van der Waals surface area contributed by atoms with Crippen LogP contribution in [0.4, 0.5) is 0 Å². The van der Waals surface area contributed by atoms with Crippen molar-refractivity contribution in [2.24, 2.45) is 0 Å². The van der Waals surface area contributed by atoms with Gasteiger partial charge < -0.3 is 0 Å². The van der Waals surface area contributed by atoms with Crippen molar-refractivity contribution in [3.63, 3.8) is 0 Å². The van der Waals surface area contributed by atoms with Crippen LogP contribution in [0.15, 0.2) is 38.6 Å². The van der Waals surface area contributed by atoms with E-state index in [1.165, 1.54) is 23.5 Å². The minimum atomic E-state index is 0.390. The Morgan fingerprint density at radius 2 is 1.34 bits per heavy atom. The van der Waals surface area contributed by atoms with Gasteiger partial charge in [0.25, 0.3) is 0 Å². The summed E-state index contributed by atoms with van der Waals surface area (Å²) in [7, 11) is 0. The van der Waals surface area contributed by atoms with Crippen LogP contribution < -0.4 is 0 Å². The molecule has 0 bridgehead atoms. The van der Waals surface area contributed by atoms with Crippen LogP contribution in [0.25, 0.3) is 11.0 Å². The molecule has 2 aliphatic carbocycles. The van der Waals surface area contributed by atoms with Crippen molar-refractivity contribution >= 4 is 34.6 Å². The van der Waals surface area contributed by atoms with Crippen LogP contribution in [0.3, 0.4) is 0 Å². The summed E-state index contributed by atoms with van der Waals surface area (Å²) in [4.78, 5) is 9.77. The number of benzene rings is 1. The summed E-state index contributed by atoms with van der Waals surface area (Å²) in [6, 6.07) is 6.86. The van der Waals surface area contributed by atoms with Crippen molar-refractivity contribution in [2.75, 3.05) is 0 Å². The van der Waals surface area contributed by atoms with Crippen LogP contribution in [-0.4, -0.2) is 50.4 Å². The Kier molecular flexibility index (Phi) is 4.01. The molecule has 146 valence electrons. The van der Waals surface area contributed by atoms with Crippen LogP contribution in [0.1, 0.15) is 43.3 Å². The fourth-order valence-electron chi connectivity index (χ4n) is 3.04. The smallest absolute Gasteiger partial charge is 0.215 e. The lowest BCUT2D eigenvalue weighted by atomic mass is 10.2. The van der Waals surface area contributed by atoms with Gasteiger partial charge in [0, 0.05) is 0 Å². The third-order valence-corrected chi connectivity index (χ3v) is 6.83. The summed E-state index contributed by atoms with van der Waals surface area (Å²) >= 11 is 2.88. The van der Waals surface area contributed by atoms with Crippen molar-refractivity contribution in [1.29, 1.82) is 0 Å². The predicted octanol–water partition coefficient (Wildman–Crippen LogP) is 2.88. The summed E-state index contributed by atoms with van der Waals surface area (Å²) in [5, 5.41) is 27.4. The van der Waals surface area contributed by atoms with Gasteiger partial charge in [-0.3, -0.25) is 0 Å². The van der Waals surface area contributed by atoms with Crippen LogP contribution in [0.5, 0.6) is 0 Å². The largest absolute Gasteiger partial charge is 0.236 e. The number of aryl methyl sites for hydroxylation is 1. The molecule has 0 aliphatic heterocycles. The number of rotatable bonds is 6. The van der Waals surface area contributed by atoms with Gasteiger partial charge >= 0.3 is 0 Å². The maximum absolute atomic E-state index is 4.90. The van der Waals surface area contributed by atoms with Gasteiger partial charge in [-0.1, -0.05) is 6.07 Å². The van der Waals surface area contributed by atoms with Crippen molar-refractivity contribution in [3.05, 3.63) is 23.8 Å². The number of hydrogen-bond acceptors (Lipinski definition) is 10. The minimum absolute atomic E-state index is 0.390. The Labute approximate surface area is 173 Å². The number of aromatic nitrogens is 10. The van der Waals surface area contributed by atoms with Crippen LogP contribution in [0, 0.1) is 6.92 Å². The summed E-state index contributed by atoms with van der Waals surface area (Å²) in [5.74, 6) is 0. The SMILES string of the molecule is Cc1ccc2nc(Sc3nnnn3C3CC3)c(Sc3nnnn3C3CC3)nc2c1. The monoisotopic (exact) mass is 424 g/mol.